The van der Waals surface area contributed by atoms with E-state index in [1.54, 1.807) is 0 Å². The van der Waals surface area contributed by atoms with Crippen molar-refractivity contribution >= 4 is 23.4 Å². The quantitative estimate of drug-likeness (QED) is 0.807. The van der Waals surface area contributed by atoms with Crippen LogP contribution in [-0.2, 0) is 11.3 Å². The first-order valence-corrected chi connectivity index (χ1v) is 8.96. The third-order valence-corrected chi connectivity index (χ3v) is 4.96. The molecule has 0 atom stereocenters. The fraction of sp³-hybridized carbons (Fsp3) is 0.733. The van der Waals surface area contributed by atoms with Gasteiger partial charge in [-0.25, -0.2) is 9.97 Å². The molecule has 6 heteroatoms. The predicted octanol–water partition coefficient (Wildman–Crippen LogP) is 3.14. The number of hydrogen-bond donors (Lipinski definition) is 2. The van der Waals surface area contributed by atoms with Crippen LogP contribution in [0.5, 0.6) is 0 Å². The maximum absolute atomic E-state index is 5.41. The highest BCUT2D eigenvalue weighted by atomic mass is 32.2. The molecule has 0 radical (unpaired) electrons. The standard InChI is InChI=1S/C15H26N4OS/c1-4-20-10-15-18-13(16-2)9-14(19-15)17-11-5-7-12(21-3)8-6-11/h9,11-12H,4-8,10H2,1-3H3,(H2,16,17,18,19). The van der Waals surface area contributed by atoms with Crippen LogP contribution in [0.3, 0.4) is 0 Å². The number of nitrogens with zero attached hydrogens (tertiary/aromatic N) is 2. The lowest BCUT2D eigenvalue weighted by molar-refractivity contribution is 0.128. The molecule has 0 spiro atoms. The Labute approximate surface area is 131 Å². The van der Waals surface area contributed by atoms with E-state index in [9.17, 15) is 0 Å². The molecule has 21 heavy (non-hydrogen) atoms. The third kappa shape index (κ3) is 5.04. The van der Waals surface area contributed by atoms with E-state index in [0.29, 0.717) is 19.3 Å². The highest BCUT2D eigenvalue weighted by Gasteiger charge is 2.20. The van der Waals surface area contributed by atoms with E-state index in [-0.39, 0.29) is 0 Å². The minimum atomic E-state index is 0.458. The molecule has 5 nitrogen and oxygen atoms in total. The van der Waals surface area contributed by atoms with Crippen molar-refractivity contribution in [2.45, 2.75) is 50.5 Å². The summed E-state index contributed by atoms with van der Waals surface area (Å²) >= 11 is 1.99. The van der Waals surface area contributed by atoms with Crippen molar-refractivity contribution in [2.75, 3.05) is 30.5 Å². The van der Waals surface area contributed by atoms with Crippen molar-refractivity contribution in [3.63, 3.8) is 0 Å². The molecule has 1 saturated carbocycles. The predicted molar refractivity (Wildman–Crippen MR) is 90.1 cm³/mol. The maximum atomic E-state index is 5.41. The highest BCUT2D eigenvalue weighted by Crippen LogP contribution is 2.28. The summed E-state index contributed by atoms with van der Waals surface area (Å²) in [6.07, 6.45) is 7.21. The van der Waals surface area contributed by atoms with Crippen LogP contribution in [0.15, 0.2) is 6.07 Å². The van der Waals surface area contributed by atoms with Crippen molar-refractivity contribution < 1.29 is 4.74 Å². The molecule has 0 saturated heterocycles. The largest absolute Gasteiger partial charge is 0.374 e. The summed E-state index contributed by atoms with van der Waals surface area (Å²) in [6, 6.07) is 2.49. The summed E-state index contributed by atoms with van der Waals surface area (Å²) in [4.78, 5) is 8.98. The second kappa shape index (κ2) is 8.44. The average molecular weight is 310 g/mol. The van der Waals surface area contributed by atoms with Gasteiger partial charge in [-0.15, -0.1) is 0 Å². The van der Waals surface area contributed by atoms with Gasteiger partial charge >= 0.3 is 0 Å². The van der Waals surface area contributed by atoms with Crippen molar-refractivity contribution in [1.29, 1.82) is 0 Å². The molecule has 0 unspecified atom stereocenters. The lowest BCUT2D eigenvalue weighted by atomic mass is 9.95. The van der Waals surface area contributed by atoms with Crippen LogP contribution in [0.1, 0.15) is 38.4 Å². The molecule has 1 aromatic heterocycles. The van der Waals surface area contributed by atoms with Crippen LogP contribution in [0.25, 0.3) is 0 Å². The van der Waals surface area contributed by atoms with Gasteiger partial charge in [0.05, 0.1) is 0 Å². The van der Waals surface area contributed by atoms with E-state index in [0.717, 1.165) is 22.7 Å². The topological polar surface area (TPSA) is 59.1 Å². The molecule has 1 fully saturated rings. The van der Waals surface area contributed by atoms with E-state index in [2.05, 4.69) is 26.9 Å². The molecule has 1 aromatic rings. The summed E-state index contributed by atoms with van der Waals surface area (Å²) in [5, 5.41) is 7.48. The fourth-order valence-corrected chi connectivity index (χ4v) is 3.35. The summed E-state index contributed by atoms with van der Waals surface area (Å²) in [5.41, 5.74) is 0. The average Bonchev–Trinajstić information content (AvgIpc) is 2.53. The second-order valence-electron chi connectivity index (χ2n) is 5.30. The van der Waals surface area contributed by atoms with Crippen LogP contribution in [-0.4, -0.2) is 41.2 Å². The molecule has 0 aliphatic heterocycles. The van der Waals surface area contributed by atoms with Crippen LogP contribution < -0.4 is 10.6 Å². The fourth-order valence-electron chi connectivity index (χ4n) is 2.61. The summed E-state index contributed by atoms with van der Waals surface area (Å²) in [7, 11) is 1.88. The van der Waals surface area contributed by atoms with Crippen molar-refractivity contribution in [3.8, 4) is 0 Å². The van der Waals surface area contributed by atoms with Gasteiger partial charge in [0.25, 0.3) is 0 Å². The Morgan fingerprint density at radius 3 is 2.57 bits per heavy atom. The van der Waals surface area contributed by atoms with Gasteiger partial charge in [0.2, 0.25) is 0 Å². The molecule has 2 N–H and O–H groups in total. The normalized spacial score (nSPS) is 22.0. The SMILES string of the molecule is CCOCc1nc(NC)cc(NC2CCC(SC)CC2)n1. The van der Waals surface area contributed by atoms with E-state index < -0.39 is 0 Å². The minimum Gasteiger partial charge on any atom is -0.374 e. The molecular formula is C15H26N4OS. The number of ether oxygens (including phenoxy) is 1. The lowest BCUT2D eigenvalue weighted by Crippen LogP contribution is -2.27. The molecule has 1 aliphatic carbocycles. The molecular weight excluding hydrogens is 284 g/mol. The Morgan fingerprint density at radius 1 is 1.24 bits per heavy atom. The van der Waals surface area contributed by atoms with E-state index in [4.69, 9.17) is 4.74 Å². The van der Waals surface area contributed by atoms with Crippen molar-refractivity contribution in [1.82, 2.24) is 9.97 Å². The summed E-state index contributed by atoms with van der Waals surface area (Å²) in [6.45, 7) is 3.11. The van der Waals surface area contributed by atoms with Gasteiger partial charge in [0, 0.05) is 31.0 Å². The number of anilines is 2. The molecule has 0 amide bonds. The Morgan fingerprint density at radius 2 is 1.95 bits per heavy atom. The van der Waals surface area contributed by atoms with Gasteiger partial charge in [-0.05, 0) is 38.9 Å². The van der Waals surface area contributed by atoms with Gasteiger partial charge < -0.3 is 15.4 Å². The lowest BCUT2D eigenvalue weighted by Gasteiger charge is -2.28. The van der Waals surface area contributed by atoms with E-state index in [1.165, 1.54) is 25.7 Å². The number of hydrogen-bond acceptors (Lipinski definition) is 6. The van der Waals surface area contributed by atoms with Crippen LogP contribution in [0, 0.1) is 0 Å². The first-order chi connectivity index (χ1) is 10.2. The monoisotopic (exact) mass is 310 g/mol. The number of nitrogens with one attached hydrogen (secondary N) is 2. The van der Waals surface area contributed by atoms with Gasteiger partial charge in [0.1, 0.15) is 18.2 Å². The van der Waals surface area contributed by atoms with Crippen LogP contribution in [0.4, 0.5) is 11.6 Å². The Bertz CT molecular complexity index is 436. The molecule has 0 aromatic carbocycles. The Hall–Kier alpha value is -1.01. The van der Waals surface area contributed by atoms with Crippen LogP contribution >= 0.6 is 11.8 Å². The summed E-state index contributed by atoms with van der Waals surface area (Å²) in [5.74, 6) is 2.46. The molecule has 0 bridgehead atoms. The first-order valence-electron chi connectivity index (χ1n) is 7.68. The summed E-state index contributed by atoms with van der Waals surface area (Å²) < 4.78 is 5.41. The van der Waals surface area contributed by atoms with E-state index >= 15 is 0 Å². The van der Waals surface area contributed by atoms with Crippen LogP contribution in [0.2, 0.25) is 0 Å². The zero-order chi connectivity index (χ0) is 15.1. The van der Waals surface area contributed by atoms with Gasteiger partial charge in [-0.1, -0.05) is 0 Å². The minimum absolute atomic E-state index is 0.458. The Balaban J connectivity index is 1.98. The van der Waals surface area contributed by atoms with E-state index in [1.807, 2.05) is 31.8 Å². The first kappa shape index (κ1) is 16.4. The van der Waals surface area contributed by atoms with Gasteiger partial charge in [0.15, 0.2) is 5.82 Å². The maximum Gasteiger partial charge on any atom is 0.158 e. The van der Waals surface area contributed by atoms with Crippen molar-refractivity contribution in [3.05, 3.63) is 11.9 Å². The molecule has 1 aliphatic rings. The zero-order valence-corrected chi connectivity index (χ0v) is 14.0. The zero-order valence-electron chi connectivity index (χ0n) is 13.2. The number of aromatic nitrogens is 2. The molecule has 1 heterocycles. The second-order valence-corrected chi connectivity index (χ2v) is 6.43. The van der Waals surface area contributed by atoms with Crippen molar-refractivity contribution in [2.24, 2.45) is 0 Å². The highest BCUT2D eigenvalue weighted by molar-refractivity contribution is 7.99. The number of thioether (sulfide) groups is 1. The Kier molecular flexibility index (Phi) is 6.57. The smallest absolute Gasteiger partial charge is 0.158 e. The number of rotatable bonds is 7. The third-order valence-electron chi connectivity index (χ3n) is 3.82. The van der Waals surface area contributed by atoms with Gasteiger partial charge in [-0.3, -0.25) is 0 Å². The molecule has 118 valence electrons. The molecule has 2 rings (SSSR count). The van der Waals surface area contributed by atoms with Gasteiger partial charge in [-0.2, -0.15) is 11.8 Å².